The van der Waals surface area contributed by atoms with E-state index in [1.807, 2.05) is 30.5 Å². The molecule has 10 aromatic rings. The standard InChI is InChI=1S/C59H43N5S/c60-35-36-9-11-40(12-10-36)41-13-15-42(16-14-41)47-25-26-48(50-6-2-1-5-49(47)50)43-17-19-44(20-18-43)55-62-56(45-21-23-46(24-22-45)59-32-37-29-38(33-59)31-39(30-37)34-59)64-57(63-55)52-27-28-61-58-54(52)51-7-3-4-8-53(51)65-58/h1-28,37-39H,29-34H2/t37-,38-,39-,59?. The molecule has 3 aromatic heterocycles. The van der Waals surface area contributed by atoms with Gasteiger partial charge >= 0.3 is 0 Å². The van der Waals surface area contributed by atoms with E-state index in [0.29, 0.717) is 28.5 Å². The van der Waals surface area contributed by atoms with Crippen molar-refractivity contribution in [2.75, 3.05) is 0 Å². The van der Waals surface area contributed by atoms with Gasteiger partial charge < -0.3 is 0 Å². The summed E-state index contributed by atoms with van der Waals surface area (Å²) in [5.41, 5.74) is 12.3. The van der Waals surface area contributed by atoms with Crippen molar-refractivity contribution >= 4 is 42.4 Å². The molecular formula is C59H43N5S. The number of thiophene rings is 1. The second-order valence-corrected chi connectivity index (χ2v) is 19.8. The first-order valence-corrected chi connectivity index (χ1v) is 23.7. The molecule has 0 aliphatic heterocycles. The lowest BCUT2D eigenvalue weighted by molar-refractivity contribution is -0.00518. The van der Waals surface area contributed by atoms with Crippen LogP contribution in [-0.2, 0) is 5.41 Å². The van der Waals surface area contributed by atoms with Gasteiger partial charge in [-0.05, 0) is 136 Å². The normalized spacial score (nSPS) is 19.8. The molecule has 14 rings (SSSR count). The Morgan fingerprint density at radius 1 is 0.462 bits per heavy atom. The molecule has 0 unspecified atom stereocenters. The average molecular weight is 854 g/mol. The number of aromatic nitrogens is 4. The molecule has 0 N–H and O–H groups in total. The lowest BCUT2D eigenvalue weighted by atomic mass is 9.48. The topological polar surface area (TPSA) is 75.3 Å². The summed E-state index contributed by atoms with van der Waals surface area (Å²) in [7, 11) is 0. The third kappa shape index (κ3) is 6.56. The highest BCUT2D eigenvalue weighted by Gasteiger charge is 2.51. The molecule has 4 bridgehead atoms. The zero-order valence-electron chi connectivity index (χ0n) is 35.8. The van der Waals surface area contributed by atoms with E-state index in [4.69, 9.17) is 19.9 Å². The Morgan fingerprint density at radius 3 is 1.51 bits per heavy atom. The van der Waals surface area contributed by atoms with Crippen LogP contribution in [0.15, 0.2) is 170 Å². The van der Waals surface area contributed by atoms with Crippen molar-refractivity contribution in [1.82, 2.24) is 19.9 Å². The largest absolute Gasteiger partial charge is 0.245 e. The Kier molecular flexibility index (Phi) is 8.89. The maximum Gasteiger partial charge on any atom is 0.164 e. The number of nitrogens with zero attached hydrogens (tertiary/aromatic N) is 5. The van der Waals surface area contributed by atoms with E-state index in [0.717, 1.165) is 66.9 Å². The molecular weight excluding hydrogens is 811 g/mol. The summed E-state index contributed by atoms with van der Waals surface area (Å²) in [5.74, 6) is 4.68. The molecule has 4 aliphatic rings. The Balaban J connectivity index is 0.871. The molecule has 310 valence electrons. The molecule has 0 spiro atoms. The minimum atomic E-state index is 0.332. The third-order valence-electron chi connectivity index (χ3n) is 14.9. The van der Waals surface area contributed by atoms with E-state index < -0.39 is 0 Å². The van der Waals surface area contributed by atoms with Gasteiger partial charge in [-0.2, -0.15) is 5.26 Å². The highest BCUT2D eigenvalue weighted by atomic mass is 32.1. The van der Waals surface area contributed by atoms with Crippen molar-refractivity contribution in [1.29, 1.82) is 5.26 Å². The van der Waals surface area contributed by atoms with Crippen LogP contribution in [-0.4, -0.2) is 19.9 Å². The first-order valence-electron chi connectivity index (χ1n) is 22.9. The van der Waals surface area contributed by atoms with Gasteiger partial charge in [0.25, 0.3) is 0 Å². The molecule has 6 heteroatoms. The van der Waals surface area contributed by atoms with Crippen LogP contribution < -0.4 is 0 Å². The predicted octanol–water partition coefficient (Wildman–Crippen LogP) is 15.1. The summed E-state index contributed by atoms with van der Waals surface area (Å²) in [4.78, 5) is 21.5. The van der Waals surface area contributed by atoms with Gasteiger partial charge in [0.1, 0.15) is 4.83 Å². The van der Waals surface area contributed by atoms with Crippen LogP contribution in [0.25, 0.3) is 98.6 Å². The number of hydrogen-bond donors (Lipinski definition) is 0. The Morgan fingerprint density at radius 2 is 0.938 bits per heavy atom. The highest BCUT2D eigenvalue weighted by Crippen LogP contribution is 2.60. The molecule has 0 amide bonds. The minimum absolute atomic E-state index is 0.332. The Bertz CT molecular complexity index is 3470. The molecule has 5 nitrogen and oxygen atoms in total. The van der Waals surface area contributed by atoms with Gasteiger partial charge in [0, 0.05) is 38.4 Å². The number of rotatable bonds is 7. The molecule has 4 saturated carbocycles. The second kappa shape index (κ2) is 15.1. The number of hydrogen-bond acceptors (Lipinski definition) is 6. The van der Waals surface area contributed by atoms with E-state index in [1.54, 1.807) is 11.3 Å². The number of fused-ring (bicyclic) bond motifs is 4. The van der Waals surface area contributed by atoms with Gasteiger partial charge in [0.05, 0.1) is 11.6 Å². The monoisotopic (exact) mass is 853 g/mol. The van der Waals surface area contributed by atoms with E-state index in [2.05, 4.69) is 146 Å². The maximum absolute atomic E-state index is 9.24. The van der Waals surface area contributed by atoms with Crippen LogP contribution in [0.3, 0.4) is 0 Å². The first-order chi connectivity index (χ1) is 32.0. The van der Waals surface area contributed by atoms with Crippen molar-refractivity contribution in [3.63, 3.8) is 0 Å². The van der Waals surface area contributed by atoms with Crippen molar-refractivity contribution < 1.29 is 0 Å². The molecule has 0 radical (unpaired) electrons. The predicted molar refractivity (Wildman–Crippen MR) is 265 cm³/mol. The van der Waals surface area contributed by atoms with Crippen LogP contribution in [0, 0.1) is 29.1 Å². The Labute approximate surface area is 382 Å². The molecule has 4 fully saturated rings. The van der Waals surface area contributed by atoms with Crippen LogP contribution in [0.5, 0.6) is 0 Å². The maximum atomic E-state index is 9.24. The molecule has 3 heterocycles. The Hall–Kier alpha value is -7.33. The number of benzene rings is 7. The summed E-state index contributed by atoms with van der Waals surface area (Å²) in [6.07, 6.45) is 10.2. The summed E-state index contributed by atoms with van der Waals surface area (Å²) < 4.78 is 1.20. The number of pyridine rings is 1. The molecule has 7 aromatic carbocycles. The van der Waals surface area contributed by atoms with Gasteiger partial charge in [-0.3, -0.25) is 0 Å². The summed E-state index contributed by atoms with van der Waals surface area (Å²) in [6.45, 7) is 0. The first kappa shape index (κ1) is 38.2. The highest BCUT2D eigenvalue weighted by molar-refractivity contribution is 7.25. The fraction of sp³-hybridized carbons (Fsp3) is 0.169. The van der Waals surface area contributed by atoms with E-state index >= 15 is 0 Å². The van der Waals surface area contributed by atoms with Crippen LogP contribution in [0.4, 0.5) is 0 Å². The van der Waals surface area contributed by atoms with Gasteiger partial charge in [-0.25, -0.2) is 19.9 Å². The van der Waals surface area contributed by atoms with Crippen molar-refractivity contribution in [3.05, 3.63) is 181 Å². The van der Waals surface area contributed by atoms with Crippen LogP contribution in [0.2, 0.25) is 0 Å². The van der Waals surface area contributed by atoms with Crippen LogP contribution >= 0.6 is 11.3 Å². The van der Waals surface area contributed by atoms with Gasteiger partial charge in [0.2, 0.25) is 0 Å². The average Bonchev–Trinajstić information content (AvgIpc) is 3.75. The lowest BCUT2D eigenvalue weighted by Gasteiger charge is -2.57. The minimum Gasteiger partial charge on any atom is -0.245 e. The van der Waals surface area contributed by atoms with Gasteiger partial charge in [-0.1, -0.05) is 140 Å². The number of nitriles is 1. The van der Waals surface area contributed by atoms with Crippen molar-refractivity contribution in [3.8, 4) is 73.6 Å². The van der Waals surface area contributed by atoms with E-state index in [-0.39, 0.29) is 0 Å². The summed E-state index contributed by atoms with van der Waals surface area (Å²) in [5, 5.41) is 13.9. The van der Waals surface area contributed by atoms with E-state index in [9.17, 15) is 5.26 Å². The van der Waals surface area contributed by atoms with E-state index in [1.165, 1.54) is 76.1 Å². The zero-order chi connectivity index (χ0) is 43.1. The van der Waals surface area contributed by atoms with Crippen LogP contribution in [0.1, 0.15) is 49.7 Å². The molecule has 0 atom stereocenters. The molecule has 65 heavy (non-hydrogen) atoms. The fourth-order valence-electron chi connectivity index (χ4n) is 12.2. The van der Waals surface area contributed by atoms with Gasteiger partial charge in [0.15, 0.2) is 17.5 Å². The third-order valence-corrected chi connectivity index (χ3v) is 15.9. The molecule has 4 aliphatic carbocycles. The quantitative estimate of drug-likeness (QED) is 0.160. The fourth-order valence-corrected chi connectivity index (χ4v) is 13.3. The van der Waals surface area contributed by atoms with Crippen molar-refractivity contribution in [2.45, 2.75) is 43.9 Å². The smallest absolute Gasteiger partial charge is 0.164 e. The zero-order valence-corrected chi connectivity index (χ0v) is 36.6. The SMILES string of the molecule is N#Cc1ccc(-c2ccc(-c3ccc(-c4ccc(-c5nc(-c6ccc(C78C[C@H]9C[C@H](C7)C[C@@H](C8)C9)cc6)nc(-c6ccnc7sc8ccccc8c67)n5)cc4)c4ccccc34)cc2)cc1. The van der Waals surface area contributed by atoms with Crippen molar-refractivity contribution in [2.24, 2.45) is 17.8 Å². The second-order valence-electron chi connectivity index (χ2n) is 18.8. The van der Waals surface area contributed by atoms with Gasteiger partial charge in [-0.15, -0.1) is 11.3 Å². The lowest BCUT2D eigenvalue weighted by Crippen LogP contribution is -2.48. The molecule has 0 saturated heterocycles. The summed E-state index contributed by atoms with van der Waals surface area (Å²) >= 11 is 1.71. The summed E-state index contributed by atoms with van der Waals surface area (Å²) in [6, 6.07) is 60.4.